The van der Waals surface area contributed by atoms with Crippen molar-refractivity contribution in [3.63, 3.8) is 0 Å². The zero-order valence-corrected chi connectivity index (χ0v) is 11.5. The number of hydrogen-bond acceptors (Lipinski definition) is 5. The van der Waals surface area contributed by atoms with Gasteiger partial charge in [0.1, 0.15) is 0 Å². The van der Waals surface area contributed by atoms with Gasteiger partial charge in [0.05, 0.1) is 11.8 Å². The van der Waals surface area contributed by atoms with Gasteiger partial charge in [0.2, 0.25) is 0 Å². The Balaban J connectivity index is 1.89. The Morgan fingerprint density at radius 2 is 2.32 bits per heavy atom. The minimum Gasteiger partial charge on any atom is -0.396 e. The maximum Gasteiger partial charge on any atom is 0.260 e. The zero-order chi connectivity index (χ0) is 13.7. The average Bonchev–Trinajstić information content (AvgIpc) is 2.40. The molecule has 7 heteroatoms. The molecule has 106 valence electrons. The van der Waals surface area contributed by atoms with Crippen molar-refractivity contribution in [2.24, 2.45) is 0 Å². The van der Waals surface area contributed by atoms with E-state index in [9.17, 15) is 8.42 Å². The minimum atomic E-state index is -3.63. The number of anilines is 1. The van der Waals surface area contributed by atoms with Crippen LogP contribution in [0.2, 0.25) is 0 Å². The van der Waals surface area contributed by atoms with E-state index in [1.165, 1.54) is 12.3 Å². The van der Waals surface area contributed by atoms with Crippen molar-refractivity contribution in [2.45, 2.75) is 36.8 Å². The topological polar surface area (TPSA) is 94.3 Å². The van der Waals surface area contributed by atoms with Gasteiger partial charge in [-0.25, -0.2) is 18.1 Å². The smallest absolute Gasteiger partial charge is 0.260 e. The zero-order valence-electron chi connectivity index (χ0n) is 10.7. The molecule has 2 heterocycles. The van der Waals surface area contributed by atoms with Crippen LogP contribution in [0.4, 0.5) is 5.69 Å². The highest BCUT2D eigenvalue weighted by molar-refractivity contribution is 7.89. The molecule has 1 aromatic rings. The van der Waals surface area contributed by atoms with Crippen LogP contribution in [0.1, 0.15) is 25.7 Å². The molecule has 3 N–H and O–H groups in total. The molecule has 0 aliphatic carbocycles. The fourth-order valence-electron chi connectivity index (χ4n) is 2.09. The summed E-state index contributed by atoms with van der Waals surface area (Å²) >= 11 is 0. The van der Waals surface area contributed by atoms with Crippen molar-refractivity contribution >= 4 is 15.7 Å². The second kappa shape index (κ2) is 6.31. The molecule has 0 radical (unpaired) electrons. The van der Waals surface area contributed by atoms with E-state index in [0.29, 0.717) is 13.0 Å². The van der Waals surface area contributed by atoms with Crippen LogP contribution in [0.3, 0.4) is 0 Å². The van der Waals surface area contributed by atoms with E-state index in [4.69, 9.17) is 10.5 Å². The fourth-order valence-corrected chi connectivity index (χ4v) is 3.19. The van der Waals surface area contributed by atoms with Crippen molar-refractivity contribution in [2.75, 3.05) is 18.9 Å². The number of aromatic nitrogens is 1. The molecule has 0 spiro atoms. The number of pyridine rings is 1. The quantitative estimate of drug-likeness (QED) is 0.838. The molecular weight excluding hydrogens is 266 g/mol. The van der Waals surface area contributed by atoms with Gasteiger partial charge in [0, 0.05) is 19.3 Å². The number of nitrogens with one attached hydrogen (secondary N) is 1. The summed E-state index contributed by atoms with van der Waals surface area (Å²) in [6.07, 6.45) is 5.46. The van der Waals surface area contributed by atoms with Crippen LogP contribution in [0, 0.1) is 0 Å². The van der Waals surface area contributed by atoms with Crippen LogP contribution >= 0.6 is 0 Å². The van der Waals surface area contributed by atoms with Gasteiger partial charge in [-0.1, -0.05) is 0 Å². The minimum absolute atomic E-state index is 0.112. The molecule has 2 rings (SSSR count). The Labute approximate surface area is 113 Å². The number of nitrogens with two attached hydrogens (primary N) is 1. The summed E-state index contributed by atoms with van der Waals surface area (Å²) in [5.74, 6) is 0. The van der Waals surface area contributed by atoms with Gasteiger partial charge in [-0.3, -0.25) is 0 Å². The van der Waals surface area contributed by atoms with Crippen molar-refractivity contribution in [1.82, 2.24) is 9.71 Å². The second-order valence-electron chi connectivity index (χ2n) is 4.57. The van der Waals surface area contributed by atoms with E-state index < -0.39 is 10.0 Å². The summed E-state index contributed by atoms with van der Waals surface area (Å²) < 4.78 is 32.1. The standard InChI is InChI=1S/C12H19N3O3S/c13-11-5-3-7-14-12(11)19(16,17)15-8-6-10-4-1-2-9-18-10/h3,5,7,10,15H,1-2,4,6,8-9,13H2. The largest absolute Gasteiger partial charge is 0.396 e. The van der Waals surface area contributed by atoms with E-state index in [2.05, 4.69) is 9.71 Å². The summed E-state index contributed by atoms with van der Waals surface area (Å²) in [6.45, 7) is 1.10. The third kappa shape index (κ3) is 3.89. The van der Waals surface area contributed by atoms with Gasteiger partial charge in [-0.2, -0.15) is 0 Å². The molecule has 0 aromatic carbocycles. The first-order valence-corrected chi connectivity index (χ1v) is 7.89. The number of rotatable bonds is 5. The van der Waals surface area contributed by atoms with Crippen molar-refractivity contribution in [3.8, 4) is 0 Å². The highest BCUT2D eigenvalue weighted by Gasteiger charge is 2.20. The van der Waals surface area contributed by atoms with Gasteiger partial charge < -0.3 is 10.5 Å². The third-order valence-corrected chi connectivity index (χ3v) is 4.52. The number of hydrogen-bond donors (Lipinski definition) is 2. The van der Waals surface area contributed by atoms with Gasteiger partial charge >= 0.3 is 0 Å². The van der Waals surface area contributed by atoms with E-state index in [1.807, 2.05) is 0 Å². The van der Waals surface area contributed by atoms with E-state index >= 15 is 0 Å². The predicted molar refractivity (Wildman–Crippen MR) is 72.0 cm³/mol. The lowest BCUT2D eigenvalue weighted by molar-refractivity contribution is 0.0123. The summed E-state index contributed by atoms with van der Waals surface area (Å²) in [5.41, 5.74) is 5.77. The number of nitrogen functional groups attached to an aromatic ring is 1. The predicted octanol–water partition coefficient (Wildman–Crippen LogP) is 0.901. The normalized spacial score (nSPS) is 20.3. The average molecular weight is 285 g/mol. The summed E-state index contributed by atoms with van der Waals surface area (Å²) in [6, 6.07) is 3.12. The molecule has 1 aromatic heterocycles. The summed E-state index contributed by atoms with van der Waals surface area (Å²) in [4.78, 5) is 3.81. The lowest BCUT2D eigenvalue weighted by Gasteiger charge is -2.22. The SMILES string of the molecule is Nc1cccnc1S(=O)(=O)NCCC1CCCCO1. The third-order valence-electron chi connectivity index (χ3n) is 3.09. The first kappa shape index (κ1) is 14.2. The van der Waals surface area contributed by atoms with Crippen LogP contribution in [-0.4, -0.2) is 32.7 Å². The van der Waals surface area contributed by atoms with Crippen LogP contribution in [0.15, 0.2) is 23.4 Å². The van der Waals surface area contributed by atoms with Gasteiger partial charge in [-0.15, -0.1) is 0 Å². The fraction of sp³-hybridized carbons (Fsp3) is 0.583. The molecule has 0 amide bonds. The van der Waals surface area contributed by atoms with Gasteiger partial charge in [0.25, 0.3) is 10.0 Å². The number of nitrogens with zero attached hydrogens (tertiary/aromatic N) is 1. The molecule has 6 nitrogen and oxygen atoms in total. The van der Waals surface area contributed by atoms with Crippen molar-refractivity contribution in [3.05, 3.63) is 18.3 Å². The van der Waals surface area contributed by atoms with E-state index in [-0.39, 0.29) is 16.8 Å². The Kier molecular flexibility index (Phi) is 4.73. The molecule has 1 atom stereocenters. The van der Waals surface area contributed by atoms with E-state index in [0.717, 1.165) is 25.9 Å². The van der Waals surface area contributed by atoms with Crippen molar-refractivity contribution < 1.29 is 13.2 Å². The van der Waals surface area contributed by atoms with Crippen LogP contribution in [-0.2, 0) is 14.8 Å². The van der Waals surface area contributed by atoms with Gasteiger partial charge in [0.15, 0.2) is 5.03 Å². The number of ether oxygens (including phenoxy) is 1. The maximum absolute atomic E-state index is 12.0. The summed E-state index contributed by atoms with van der Waals surface area (Å²) in [5, 5.41) is -0.112. The van der Waals surface area contributed by atoms with Crippen LogP contribution < -0.4 is 10.5 Å². The lowest BCUT2D eigenvalue weighted by Crippen LogP contribution is -2.30. The van der Waals surface area contributed by atoms with Crippen LogP contribution in [0.25, 0.3) is 0 Å². The molecule has 1 aliphatic heterocycles. The Morgan fingerprint density at radius 3 is 3.00 bits per heavy atom. The summed E-state index contributed by atoms with van der Waals surface area (Å²) in [7, 11) is -3.63. The molecule has 1 aliphatic rings. The first-order chi connectivity index (χ1) is 9.09. The molecule has 1 fully saturated rings. The molecule has 19 heavy (non-hydrogen) atoms. The molecular formula is C12H19N3O3S. The Morgan fingerprint density at radius 1 is 1.47 bits per heavy atom. The molecule has 1 unspecified atom stereocenters. The Hall–Kier alpha value is -1.18. The molecule has 0 bridgehead atoms. The lowest BCUT2D eigenvalue weighted by atomic mass is 10.1. The van der Waals surface area contributed by atoms with Gasteiger partial charge in [-0.05, 0) is 37.8 Å². The number of sulfonamides is 1. The van der Waals surface area contributed by atoms with Crippen LogP contribution in [0.5, 0.6) is 0 Å². The molecule has 0 saturated carbocycles. The first-order valence-electron chi connectivity index (χ1n) is 6.41. The Bertz CT molecular complexity index is 513. The highest BCUT2D eigenvalue weighted by Crippen LogP contribution is 2.16. The second-order valence-corrected chi connectivity index (χ2v) is 6.26. The van der Waals surface area contributed by atoms with E-state index in [1.54, 1.807) is 6.07 Å². The van der Waals surface area contributed by atoms with Crippen molar-refractivity contribution in [1.29, 1.82) is 0 Å². The maximum atomic E-state index is 12.0. The molecule has 1 saturated heterocycles. The highest BCUT2D eigenvalue weighted by atomic mass is 32.2. The monoisotopic (exact) mass is 285 g/mol.